The fraction of sp³-hybridized carbons (Fsp3) is 0.188. The molecule has 0 heterocycles. The summed E-state index contributed by atoms with van der Waals surface area (Å²) in [7, 11) is 0. The van der Waals surface area contributed by atoms with Crippen molar-refractivity contribution >= 4 is 5.91 Å². The summed E-state index contributed by atoms with van der Waals surface area (Å²) < 4.78 is 13.4. The normalized spacial score (nSPS) is 11.9. The van der Waals surface area contributed by atoms with Crippen LogP contribution in [-0.2, 0) is 17.8 Å². The van der Waals surface area contributed by atoms with Crippen LogP contribution in [0, 0.1) is 5.82 Å². The SMILES string of the molecule is NC(Cc1ccccc1)C(=O)NCc1ccccc1F. The number of nitrogens with two attached hydrogens (primary N) is 1. The summed E-state index contributed by atoms with van der Waals surface area (Å²) in [5, 5.41) is 2.66. The van der Waals surface area contributed by atoms with Crippen LogP contribution < -0.4 is 11.1 Å². The highest BCUT2D eigenvalue weighted by Crippen LogP contribution is 2.06. The minimum Gasteiger partial charge on any atom is -0.351 e. The van der Waals surface area contributed by atoms with Crippen LogP contribution >= 0.6 is 0 Å². The van der Waals surface area contributed by atoms with Crippen molar-refractivity contribution in [3.05, 3.63) is 71.5 Å². The average Bonchev–Trinajstić information content (AvgIpc) is 2.47. The molecule has 0 fully saturated rings. The number of benzene rings is 2. The molecule has 0 aliphatic heterocycles. The fourth-order valence-electron chi connectivity index (χ4n) is 1.92. The van der Waals surface area contributed by atoms with Crippen molar-refractivity contribution in [1.82, 2.24) is 5.32 Å². The first-order valence-corrected chi connectivity index (χ1v) is 6.47. The van der Waals surface area contributed by atoms with Gasteiger partial charge in [-0.3, -0.25) is 4.79 Å². The van der Waals surface area contributed by atoms with E-state index in [9.17, 15) is 9.18 Å². The van der Waals surface area contributed by atoms with E-state index in [0.717, 1.165) is 5.56 Å². The predicted molar refractivity (Wildman–Crippen MR) is 76.4 cm³/mol. The number of hydrogen-bond acceptors (Lipinski definition) is 2. The molecule has 1 amide bonds. The van der Waals surface area contributed by atoms with Gasteiger partial charge in [0.1, 0.15) is 5.82 Å². The predicted octanol–water partition coefficient (Wildman–Crippen LogP) is 2.01. The fourth-order valence-corrected chi connectivity index (χ4v) is 1.92. The third-order valence-corrected chi connectivity index (χ3v) is 3.05. The van der Waals surface area contributed by atoms with Crippen LogP contribution in [0.1, 0.15) is 11.1 Å². The number of carbonyl (C=O) groups excluding carboxylic acids is 1. The minimum atomic E-state index is -0.635. The molecule has 0 aliphatic carbocycles. The van der Waals surface area contributed by atoms with E-state index in [2.05, 4.69) is 5.32 Å². The number of nitrogens with one attached hydrogen (secondary N) is 1. The molecule has 3 N–H and O–H groups in total. The molecule has 0 aliphatic rings. The summed E-state index contributed by atoms with van der Waals surface area (Å²) >= 11 is 0. The lowest BCUT2D eigenvalue weighted by molar-refractivity contribution is -0.122. The Morgan fingerprint density at radius 2 is 1.75 bits per heavy atom. The van der Waals surface area contributed by atoms with Crippen LogP contribution in [0.5, 0.6) is 0 Å². The second-order valence-electron chi connectivity index (χ2n) is 4.61. The first-order chi connectivity index (χ1) is 9.66. The van der Waals surface area contributed by atoms with E-state index < -0.39 is 6.04 Å². The average molecular weight is 272 g/mol. The van der Waals surface area contributed by atoms with Crippen molar-refractivity contribution in [2.45, 2.75) is 19.0 Å². The lowest BCUT2D eigenvalue weighted by Gasteiger charge is -2.12. The second kappa shape index (κ2) is 6.82. The van der Waals surface area contributed by atoms with Crippen molar-refractivity contribution in [2.24, 2.45) is 5.73 Å². The minimum absolute atomic E-state index is 0.147. The Labute approximate surface area is 117 Å². The van der Waals surface area contributed by atoms with Gasteiger partial charge in [0.15, 0.2) is 0 Å². The maximum Gasteiger partial charge on any atom is 0.237 e. The van der Waals surface area contributed by atoms with Gasteiger partial charge in [0, 0.05) is 12.1 Å². The third kappa shape index (κ3) is 3.90. The molecule has 2 aromatic rings. The van der Waals surface area contributed by atoms with Crippen molar-refractivity contribution in [3.63, 3.8) is 0 Å². The maximum absolute atomic E-state index is 13.4. The van der Waals surface area contributed by atoms with E-state index in [-0.39, 0.29) is 18.3 Å². The van der Waals surface area contributed by atoms with E-state index >= 15 is 0 Å². The van der Waals surface area contributed by atoms with E-state index in [1.807, 2.05) is 30.3 Å². The van der Waals surface area contributed by atoms with Gasteiger partial charge in [-0.15, -0.1) is 0 Å². The monoisotopic (exact) mass is 272 g/mol. The molecular formula is C16H17FN2O. The highest BCUT2D eigenvalue weighted by Gasteiger charge is 2.14. The zero-order valence-electron chi connectivity index (χ0n) is 11.1. The maximum atomic E-state index is 13.4. The van der Waals surface area contributed by atoms with Gasteiger partial charge in [0.05, 0.1) is 6.04 Å². The third-order valence-electron chi connectivity index (χ3n) is 3.05. The Balaban J connectivity index is 1.87. The molecule has 0 saturated carbocycles. The van der Waals surface area contributed by atoms with E-state index in [0.29, 0.717) is 12.0 Å². The highest BCUT2D eigenvalue weighted by atomic mass is 19.1. The standard InChI is InChI=1S/C16H17FN2O/c17-14-9-5-4-8-13(14)11-19-16(20)15(18)10-12-6-2-1-3-7-12/h1-9,15H,10-11,18H2,(H,19,20). The van der Waals surface area contributed by atoms with Gasteiger partial charge in [0.25, 0.3) is 0 Å². The highest BCUT2D eigenvalue weighted by molar-refractivity contribution is 5.81. The van der Waals surface area contributed by atoms with Gasteiger partial charge in [-0.1, -0.05) is 48.5 Å². The lowest BCUT2D eigenvalue weighted by Crippen LogP contribution is -2.41. The van der Waals surface area contributed by atoms with Gasteiger partial charge in [0.2, 0.25) is 5.91 Å². The zero-order chi connectivity index (χ0) is 14.4. The Hall–Kier alpha value is -2.20. The summed E-state index contributed by atoms with van der Waals surface area (Å²) in [5.41, 5.74) is 7.30. The molecule has 0 aromatic heterocycles. The topological polar surface area (TPSA) is 55.1 Å². The quantitative estimate of drug-likeness (QED) is 0.875. The van der Waals surface area contributed by atoms with Crippen LogP contribution in [0.2, 0.25) is 0 Å². The summed E-state index contributed by atoms with van der Waals surface area (Å²) in [6, 6.07) is 15.3. The van der Waals surface area contributed by atoms with Crippen molar-refractivity contribution in [3.8, 4) is 0 Å². The Kier molecular flexibility index (Phi) is 4.85. The van der Waals surface area contributed by atoms with E-state index in [1.54, 1.807) is 18.2 Å². The zero-order valence-corrected chi connectivity index (χ0v) is 11.1. The number of amides is 1. The van der Waals surface area contributed by atoms with Crippen molar-refractivity contribution in [1.29, 1.82) is 0 Å². The molecule has 0 radical (unpaired) electrons. The Bertz CT molecular complexity index is 572. The molecule has 0 bridgehead atoms. The van der Waals surface area contributed by atoms with Gasteiger partial charge in [-0.05, 0) is 18.1 Å². The largest absolute Gasteiger partial charge is 0.351 e. The van der Waals surface area contributed by atoms with Crippen LogP contribution in [-0.4, -0.2) is 11.9 Å². The molecule has 0 spiro atoms. The van der Waals surface area contributed by atoms with Crippen LogP contribution in [0.15, 0.2) is 54.6 Å². The van der Waals surface area contributed by atoms with Gasteiger partial charge < -0.3 is 11.1 Å². The van der Waals surface area contributed by atoms with Crippen molar-refractivity contribution < 1.29 is 9.18 Å². The molecular weight excluding hydrogens is 255 g/mol. The first kappa shape index (κ1) is 14.2. The number of rotatable bonds is 5. The smallest absolute Gasteiger partial charge is 0.237 e. The van der Waals surface area contributed by atoms with E-state index in [1.165, 1.54) is 6.07 Å². The lowest BCUT2D eigenvalue weighted by atomic mass is 10.1. The molecule has 20 heavy (non-hydrogen) atoms. The molecule has 1 atom stereocenters. The molecule has 4 heteroatoms. The molecule has 3 nitrogen and oxygen atoms in total. The summed E-state index contributed by atoms with van der Waals surface area (Å²) in [6.07, 6.45) is 0.462. The van der Waals surface area contributed by atoms with Crippen LogP contribution in [0.4, 0.5) is 4.39 Å². The Morgan fingerprint density at radius 1 is 1.10 bits per heavy atom. The summed E-state index contributed by atoms with van der Waals surface area (Å²) in [5.74, 6) is -0.610. The van der Waals surface area contributed by atoms with Crippen LogP contribution in [0.3, 0.4) is 0 Å². The first-order valence-electron chi connectivity index (χ1n) is 6.47. The Morgan fingerprint density at radius 3 is 2.45 bits per heavy atom. The number of carbonyl (C=O) groups is 1. The van der Waals surface area contributed by atoms with E-state index in [4.69, 9.17) is 5.73 Å². The second-order valence-corrected chi connectivity index (χ2v) is 4.61. The molecule has 1 unspecified atom stereocenters. The number of hydrogen-bond donors (Lipinski definition) is 2. The van der Waals surface area contributed by atoms with Crippen LogP contribution in [0.25, 0.3) is 0 Å². The number of halogens is 1. The summed E-state index contributed by atoms with van der Waals surface area (Å²) in [4.78, 5) is 11.9. The molecule has 2 rings (SSSR count). The van der Waals surface area contributed by atoms with Gasteiger partial charge in [-0.2, -0.15) is 0 Å². The summed E-state index contributed by atoms with van der Waals surface area (Å²) in [6.45, 7) is 0.147. The molecule has 104 valence electrons. The van der Waals surface area contributed by atoms with Crippen molar-refractivity contribution in [2.75, 3.05) is 0 Å². The molecule has 2 aromatic carbocycles. The molecule has 0 saturated heterocycles. The van der Waals surface area contributed by atoms with Gasteiger partial charge in [-0.25, -0.2) is 4.39 Å². The van der Waals surface area contributed by atoms with Gasteiger partial charge >= 0.3 is 0 Å².